The number of methoxy groups -OCH3 is 1. The number of hydrogen-bond acceptors (Lipinski definition) is 5. The van der Waals surface area contributed by atoms with Gasteiger partial charge in [-0.25, -0.2) is 4.98 Å². The van der Waals surface area contributed by atoms with Crippen LogP contribution < -0.4 is 5.32 Å². The number of aryl methyl sites for hydroxylation is 1. The van der Waals surface area contributed by atoms with Crippen LogP contribution in [0.15, 0.2) is 34.9 Å². The number of carbonyl (C=O) groups is 1. The number of hydrogen-bond donors (Lipinski definition) is 2. The fourth-order valence-corrected chi connectivity index (χ4v) is 1.92. The van der Waals surface area contributed by atoms with Gasteiger partial charge in [-0.3, -0.25) is 4.79 Å². The van der Waals surface area contributed by atoms with Crippen LogP contribution >= 0.6 is 0 Å². The zero-order chi connectivity index (χ0) is 15.2. The summed E-state index contributed by atoms with van der Waals surface area (Å²) in [6.45, 7) is 2.06. The number of aromatic nitrogens is 1. The standard InChI is InChI=1S/C15H18N2O4/c1-10-12(15(19)16-8-11(18)9-20-2)5-6-13(17-10)14-4-3-7-21-14/h3-7,11,18H,8-9H2,1-2H3,(H,16,19). The molecule has 2 rings (SSSR count). The summed E-state index contributed by atoms with van der Waals surface area (Å²) in [6.07, 6.45) is 0.846. The normalized spacial score (nSPS) is 12.1. The molecule has 112 valence electrons. The number of carbonyl (C=O) groups excluding carboxylic acids is 1. The van der Waals surface area contributed by atoms with Crippen molar-refractivity contribution < 1.29 is 19.1 Å². The summed E-state index contributed by atoms with van der Waals surface area (Å²) >= 11 is 0. The van der Waals surface area contributed by atoms with Gasteiger partial charge in [-0.2, -0.15) is 0 Å². The molecule has 1 atom stereocenters. The van der Waals surface area contributed by atoms with Crippen LogP contribution in [0.2, 0.25) is 0 Å². The van der Waals surface area contributed by atoms with Gasteiger partial charge in [0.25, 0.3) is 5.91 Å². The van der Waals surface area contributed by atoms with Crippen molar-refractivity contribution in [2.75, 3.05) is 20.3 Å². The van der Waals surface area contributed by atoms with Crippen molar-refractivity contribution in [1.82, 2.24) is 10.3 Å². The van der Waals surface area contributed by atoms with Crippen LogP contribution in [0, 0.1) is 6.92 Å². The molecule has 1 unspecified atom stereocenters. The highest BCUT2D eigenvalue weighted by atomic mass is 16.5. The number of aliphatic hydroxyl groups is 1. The lowest BCUT2D eigenvalue weighted by Crippen LogP contribution is -2.34. The maximum absolute atomic E-state index is 12.0. The fourth-order valence-electron chi connectivity index (χ4n) is 1.92. The van der Waals surface area contributed by atoms with Gasteiger partial charge in [0, 0.05) is 13.7 Å². The summed E-state index contributed by atoms with van der Waals surface area (Å²) in [5.74, 6) is 0.377. The molecular weight excluding hydrogens is 272 g/mol. The number of rotatable bonds is 6. The zero-order valence-corrected chi connectivity index (χ0v) is 12.0. The number of amides is 1. The highest BCUT2D eigenvalue weighted by Crippen LogP contribution is 2.19. The molecule has 21 heavy (non-hydrogen) atoms. The van der Waals surface area contributed by atoms with Crippen molar-refractivity contribution in [2.24, 2.45) is 0 Å². The maximum Gasteiger partial charge on any atom is 0.253 e. The molecule has 2 aromatic rings. The highest BCUT2D eigenvalue weighted by Gasteiger charge is 2.13. The topological polar surface area (TPSA) is 84.6 Å². The van der Waals surface area contributed by atoms with E-state index in [2.05, 4.69) is 10.3 Å². The van der Waals surface area contributed by atoms with Crippen LogP contribution in [0.5, 0.6) is 0 Å². The van der Waals surface area contributed by atoms with Crippen molar-refractivity contribution in [3.8, 4) is 11.5 Å². The summed E-state index contributed by atoms with van der Waals surface area (Å²) in [4.78, 5) is 16.4. The second kappa shape index (κ2) is 7.01. The Morgan fingerprint density at radius 3 is 2.90 bits per heavy atom. The van der Waals surface area contributed by atoms with E-state index in [9.17, 15) is 9.90 Å². The molecule has 0 saturated carbocycles. The quantitative estimate of drug-likeness (QED) is 0.839. The third-order valence-corrected chi connectivity index (χ3v) is 2.96. The van der Waals surface area contributed by atoms with E-state index in [0.29, 0.717) is 22.7 Å². The van der Waals surface area contributed by atoms with Crippen LogP contribution in [0.25, 0.3) is 11.5 Å². The average molecular weight is 290 g/mol. The van der Waals surface area contributed by atoms with Crippen molar-refractivity contribution in [3.05, 3.63) is 41.8 Å². The number of ether oxygens (including phenoxy) is 1. The number of nitrogens with zero attached hydrogens (tertiary/aromatic N) is 1. The smallest absolute Gasteiger partial charge is 0.253 e. The first-order chi connectivity index (χ1) is 10.1. The molecule has 0 aliphatic heterocycles. The summed E-state index contributed by atoms with van der Waals surface area (Å²) < 4.78 is 10.1. The Hall–Kier alpha value is -2.18. The molecule has 2 N–H and O–H groups in total. The largest absolute Gasteiger partial charge is 0.463 e. The first kappa shape index (κ1) is 15.2. The minimum absolute atomic E-state index is 0.131. The second-order valence-electron chi connectivity index (χ2n) is 4.63. The summed E-state index contributed by atoms with van der Waals surface area (Å²) in [6, 6.07) is 7.01. The molecule has 0 fully saturated rings. The molecule has 6 heteroatoms. The highest BCUT2D eigenvalue weighted by molar-refractivity contribution is 5.95. The summed E-state index contributed by atoms with van der Waals surface area (Å²) in [5, 5.41) is 12.2. The third kappa shape index (κ3) is 3.90. The third-order valence-electron chi connectivity index (χ3n) is 2.96. The number of furan rings is 1. The molecule has 0 aliphatic carbocycles. The minimum atomic E-state index is -0.727. The predicted molar refractivity (Wildman–Crippen MR) is 76.9 cm³/mol. The first-order valence-corrected chi connectivity index (χ1v) is 6.58. The number of pyridine rings is 1. The molecule has 2 aromatic heterocycles. The van der Waals surface area contributed by atoms with Crippen molar-refractivity contribution in [3.63, 3.8) is 0 Å². The molecular formula is C15H18N2O4. The first-order valence-electron chi connectivity index (χ1n) is 6.58. The van der Waals surface area contributed by atoms with Gasteiger partial charge in [-0.1, -0.05) is 0 Å². The minimum Gasteiger partial charge on any atom is -0.463 e. The van der Waals surface area contributed by atoms with Crippen LogP contribution in [-0.2, 0) is 4.74 Å². The molecule has 0 saturated heterocycles. The Morgan fingerprint density at radius 2 is 2.29 bits per heavy atom. The zero-order valence-electron chi connectivity index (χ0n) is 12.0. The Morgan fingerprint density at radius 1 is 1.48 bits per heavy atom. The van der Waals surface area contributed by atoms with E-state index in [-0.39, 0.29) is 19.1 Å². The van der Waals surface area contributed by atoms with Crippen molar-refractivity contribution in [1.29, 1.82) is 0 Å². The Kier molecular flexibility index (Phi) is 5.08. The Bertz CT molecular complexity index is 596. The van der Waals surface area contributed by atoms with E-state index in [4.69, 9.17) is 9.15 Å². The lowest BCUT2D eigenvalue weighted by Gasteiger charge is -2.12. The van der Waals surface area contributed by atoms with E-state index in [1.807, 2.05) is 6.07 Å². The van der Waals surface area contributed by atoms with Crippen LogP contribution in [0.1, 0.15) is 16.1 Å². The van der Waals surface area contributed by atoms with E-state index in [1.165, 1.54) is 7.11 Å². The molecule has 0 radical (unpaired) electrons. The van der Waals surface area contributed by atoms with Gasteiger partial charge in [0.05, 0.1) is 30.2 Å². The van der Waals surface area contributed by atoms with Gasteiger partial charge >= 0.3 is 0 Å². The molecule has 0 aromatic carbocycles. The van der Waals surface area contributed by atoms with Gasteiger partial charge < -0.3 is 19.6 Å². The fraction of sp³-hybridized carbons (Fsp3) is 0.333. The lowest BCUT2D eigenvalue weighted by atomic mass is 10.1. The van der Waals surface area contributed by atoms with Gasteiger partial charge in [0.15, 0.2) is 5.76 Å². The van der Waals surface area contributed by atoms with Crippen molar-refractivity contribution in [2.45, 2.75) is 13.0 Å². The summed E-state index contributed by atoms with van der Waals surface area (Å²) in [7, 11) is 1.49. The van der Waals surface area contributed by atoms with Crippen LogP contribution in [0.4, 0.5) is 0 Å². The van der Waals surface area contributed by atoms with Gasteiger partial charge in [-0.05, 0) is 31.2 Å². The van der Waals surface area contributed by atoms with Crippen LogP contribution in [-0.4, -0.2) is 42.4 Å². The predicted octanol–water partition coefficient (Wildman–Crippen LogP) is 1.39. The SMILES string of the molecule is COCC(O)CNC(=O)c1ccc(-c2ccco2)nc1C. The molecule has 0 spiro atoms. The maximum atomic E-state index is 12.0. The number of nitrogens with one attached hydrogen (secondary N) is 1. The Labute approximate surface area is 122 Å². The molecule has 1 amide bonds. The molecule has 0 bridgehead atoms. The van der Waals surface area contributed by atoms with Gasteiger partial charge in [0.2, 0.25) is 0 Å². The molecule has 2 heterocycles. The van der Waals surface area contributed by atoms with Gasteiger partial charge in [0.1, 0.15) is 5.69 Å². The van der Waals surface area contributed by atoms with E-state index in [0.717, 1.165) is 0 Å². The molecule has 6 nitrogen and oxygen atoms in total. The monoisotopic (exact) mass is 290 g/mol. The average Bonchev–Trinajstić information content (AvgIpc) is 2.99. The van der Waals surface area contributed by atoms with E-state index < -0.39 is 6.10 Å². The Balaban J connectivity index is 2.05. The van der Waals surface area contributed by atoms with Gasteiger partial charge in [-0.15, -0.1) is 0 Å². The number of aliphatic hydroxyl groups excluding tert-OH is 1. The van der Waals surface area contributed by atoms with E-state index >= 15 is 0 Å². The van der Waals surface area contributed by atoms with Crippen LogP contribution in [0.3, 0.4) is 0 Å². The van der Waals surface area contributed by atoms with E-state index in [1.54, 1.807) is 31.4 Å². The lowest BCUT2D eigenvalue weighted by molar-refractivity contribution is 0.0609. The second-order valence-corrected chi connectivity index (χ2v) is 4.63. The summed E-state index contributed by atoms with van der Waals surface area (Å²) in [5.41, 5.74) is 1.74. The molecule has 0 aliphatic rings. The van der Waals surface area contributed by atoms with Crippen molar-refractivity contribution >= 4 is 5.91 Å².